The molecule has 1 heterocycles. The molecule has 1 N–H and O–H groups in total. The number of nitrogens with one attached hydrogen (secondary N) is 1. The molecular formula is C13H27NO3Si. The fraction of sp³-hybridized carbons (Fsp3) is 0.923. The first-order valence-corrected chi connectivity index (χ1v) is 9.38. The molecule has 1 fully saturated rings. The summed E-state index contributed by atoms with van der Waals surface area (Å²) in [6.45, 7) is 14.7. The van der Waals surface area contributed by atoms with E-state index in [1.54, 1.807) is 0 Å². The van der Waals surface area contributed by atoms with Gasteiger partial charge >= 0.3 is 8.56 Å². The van der Waals surface area contributed by atoms with Gasteiger partial charge in [0.1, 0.15) is 0 Å². The Morgan fingerprint density at radius 1 is 1.39 bits per heavy atom. The van der Waals surface area contributed by atoms with Crippen molar-refractivity contribution in [1.82, 2.24) is 5.32 Å². The lowest BCUT2D eigenvalue weighted by Crippen LogP contribution is -2.45. The maximum absolute atomic E-state index is 11.7. The minimum absolute atomic E-state index is 0.114. The normalized spacial score (nSPS) is 24.2. The highest BCUT2D eigenvalue weighted by atomic mass is 28.4. The fourth-order valence-corrected chi connectivity index (χ4v) is 4.45. The number of hydrogen-bond donors (Lipinski definition) is 1. The summed E-state index contributed by atoms with van der Waals surface area (Å²) in [5.74, 6) is 0.118. The van der Waals surface area contributed by atoms with Gasteiger partial charge in [-0.3, -0.25) is 4.79 Å². The van der Waals surface area contributed by atoms with Crippen molar-refractivity contribution >= 4 is 14.5 Å². The van der Waals surface area contributed by atoms with Gasteiger partial charge in [-0.05, 0) is 40.3 Å². The van der Waals surface area contributed by atoms with Gasteiger partial charge in [-0.2, -0.15) is 0 Å². The number of carbonyl (C=O) groups is 1. The van der Waals surface area contributed by atoms with Crippen LogP contribution in [-0.4, -0.2) is 32.7 Å². The highest BCUT2D eigenvalue weighted by molar-refractivity contribution is 6.64. The van der Waals surface area contributed by atoms with E-state index in [1.807, 2.05) is 47.7 Å². The van der Waals surface area contributed by atoms with Crippen LogP contribution in [0.3, 0.4) is 0 Å². The van der Waals surface area contributed by atoms with Crippen LogP contribution in [0, 0.1) is 5.41 Å². The Kier molecular flexibility index (Phi) is 4.30. The monoisotopic (exact) mass is 273 g/mol. The van der Waals surface area contributed by atoms with Crippen molar-refractivity contribution in [3.8, 4) is 0 Å². The van der Waals surface area contributed by atoms with Crippen LogP contribution in [0.15, 0.2) is 0 Å². The minimum atomic E-state index is -2.13. The molecule has 0 radical (unpaired) electrons. The highest BCUT2D eigenvalue weighted by Crippen LogP contribution is 2.29. The summed E-state index contributed by atoms with van der Waals surface area (Å²) in [6, 6.07) is 0.114. The summed E-state index contributed by atoms with van der Waals surface area (Å²) in [5, 5.41) is 2.98. The standard InChI is InChI=1S/C13H27NO3Si/c1-12(2,3)17-18(6,7)16-9-10-8-13(4,5)11(15)14-10/h10H,8-9H2,1-7H3,(H,14,15)/t10-/m0/s1. The lowest BCUT2D eigenvalue weighted by atomic mass is 9.90. The van der Waals surface area contributed by atoms with E-state index in [2.05, 4.69) is 5.32 Å². The van der Waals surface area contributed by atoms with Crippen LogP contribution in [0.5, 0.6) is 0 Å². The van der Waals surface area contributed by atoms with Crippen LogP contribution in [0.2, 0.25) is 13.1 Å². The summed E-state index contributed by atoms with van der Waals surface area (Å²) in [4.78, 5) is 11.7. The van der Waals surface area contributed by atoms with Crippen molar-refractivity contribution in [2.45, 2.75) is 65.8 Å². The van der Waals surface area contributed by atoms with E-state index in [4.69, 9.17) is 8.85 Å². The molecular weight excluding hydrogens is 246 g/mol. The van der Waals surface area contributed by atoms with E-state index in [-0.39, 0.29) is 23.0 Å². The quantitative estimate of drug-likeness (QED) is 0.800. The van der Waals surface area contributed by atoms with Crippen LogP contribution < -0.4 is 5.32 Å². The van der Waals surface area contributed by atoms with Gasteiger partial charge in [0.15, 0.2) is 0 Å². The van der Waals surface area contributed by atoms with Gasteiger partial charge in [0.05, 0.1) is 18.2 Å². The Balaban J connectivity index is 2.45. The lowest BCUT2D eigenvalue weighted by molar-refractivity contribution is -0.126. The van der Waals surface area contributed by atoms with Gasteiger partial charge in [0.2, 0.25) is 5.91 Å². The highest BCUT2D eigenvalue weighted by Gasteiger charge is 2.40. The first-order valence-electron chi connectivity index (χ1n) is 6.56. The summed E-state index contributed by atoms with van der Waals surface area (Å²) >= 11 is 0. The van der Waals surface area contributed by atoms with Crippen LogP contribution in [0.1, 0.15) is 41.0 Å². The first-order chi connectivity index (χ1) is 7.91. The van der Waals surface area contributed by atoms with Gasteiger partial charge < -0.3 is 14.2 Å². The molecule has 0 bridgehead atoms. The minimum Gasteiger partial charge on any atom is -0.392 e. The number of rotatable bonds is 4. The second-order valence-electron chi connectivity index (χ2n) is 7.18. The predicted molar refractivity (Wildman–Crippen MR) is 74.6 cm³/mol. The van der Waals surface area contributed by atoms with E-state index in [0.717, 1.165) is 6.42 Å². The average Bonchev–Trinajstić information content (AvgIpc) is 2.34. The lowest BCUT2D eigenvalue weighted by Gasteiger charge is -2.32. The third kappa shape index (κ3) is 4.70. The van der Waals surface area contributed by atoms with Crippen molar-refractivity contribution in [3.05, 3.63) is 0 Å². The van der Waals surface area contributed by atoms with Gasteiger partial charge in [-0.1, -0.05) is 13.8 Å². The van der Waals surface area contributed by atoms with E-state index >= 15 is 0 Å². The van der Waals surface area contributed by atoms with Crippen molar-refractivity contribution in [2.24, 2.45) is 5.41 Å². The average molecular weight is 273 g/mol. The predicted octanol–water partition coefficient (Wildman–Crippen LogP) is 2.43. The van der Waals surface area contributed by atoms with Crippen molar-refractivity contribution in [1.29, 1.82) is 0 Å². The smallest absolute Gasteiger partial charge is 0.332 e. The van der Waals surface area contributed by atoms with Gasteiger partial charge in [-0.25, -0.2) is 0 Å². The SMILES string of the molecule is CC(C)(C)O[Si](C)(C)OC[C@@H]1CC(C)(C)C(=O)N1. The van der Waals surface area contributed by atoms with Gasteiger partial charge in [-0.15, -0.1) is 0 Å². The maximum atomic E-state index is 11.7. The Labute approximate surface area is 112 Å². The first kappa shape index (κ1) is 15.7. The summed E-state index contributed by atoms with van der Waals surface area (Å²) in [7, 11) is -2.13. The Bertz CT molecular complexity index is 321. The van der Waals surface area contributed by atoms with Crippen molar-refractivity contribution in [2.75, 3.05) is 6.61 Å². The molecule has 1 amide bonds. The van der Waals surface area contributed by atoms with Gasteiger partial charge in [0.25, 0.3) is 0 Å². The fourth-order valence-electron chi connectivity index (χ4n) is 2.31. The molecule has 0 saturated carbocycles. The third-order valence-electron chi connectivity index (χ3n) is 2.89. The Morgan fingerprint density at radius 2 is 1.94 bits per heavy atom. The Hall–Kier alpha value is -0.393. The molecule has 18 heavy (non-hydrogen) atoms. The zero-order valence-electron chi connectivity index (χ0n) is 12.7. The summed E-state index contributed by atoms with van der Waals surface area (Å²) in [5.41, 5.74) is -0.460. The molecule has 1 atom stereocenters. The zero-order valence-corrected chi connectivity index (χ0v) is 13.7. The molecule has 106 valence electrons. The van der Waals surface area contributed by atoms with E-state index in [9.17, 15) is 4.79 Å². The van der Waals surface area contributed by atoms with E-state index < -0.39 is 8.56 Å². The number of amides is 1. The molecule has 0 aromatic heterocycles. The molecule has 0 unspecified atom stereocenters. The Morgan fingerprint density at radius 3 is 2.33 bits per heavy atom. The number of carbonyl (C=O) groups excluding carboxylic acids is 1. The molecule has 4 nitrogen and oxygen atoms in total. The largest absolute Gasteiger partial charge is 0.392 e. The second kappa shape index (κ2) is 4.94. The zero-order chi connectivity index (χ0) is 14.2. The second-order valence-corrected chi connectivity index (χ2v) is 10.5. The van der Waals surface area contributed by atoms with Gasteiger partial charge in [0, 0.05) is 5.41 Å². The molecule has 1 aliphatic rings. The topological polar surface area (TPSA) is 47.6 Å². The van der Waals surface area contributed by atoms with E-state index in [0.29, 0.717) is 6.61 Å². The molecule has 5 heteroatoms. The molecule has 0 aromatic rings. The van der Waals surface area contributed by atoms with Crippen LogP contribution in [-0.2, 0) is 13.6 Å². The molecule has 1 aliphatic heterocycles. The molecule has 1 rings (SSSR count). The maximum Gasteiger partial charge on any atom is 0.332 e. The van der Waals surface area contributed by atoms with Crippen LogP contribution in [0.25, 0.3) is 0 Å². The van der Waals surface area contributed by atoms with Crippen LogP contribution in [0.4, 0.5) is 0 Å². The summed E-state index contributed by atoms with van der Waals surface area (Å²) in [6.07, 6.45) is 0.825. The van der Waals surface area contributed by atoms with E-state index in [1.165, 1.54) is 0 Å². The molecule has 1 saturated heterocycles. The van der Waals surface area contributed by atoms with Crippen molar-refractivity contribution in [3.63, 3.8) is 0 Å². The number of hydrogen-bond acceptors (Lipinski definition) is 3. The molecule has 0 aromatic carbocycles. The van der Waals surface area contributed by atoms with Crippen molar-refractivity contribution < 1.29 is 13.6 Å². The molecule has 0 aliphatic carbocycles. The summed E-state index contributed by atoms with van der Waals surface area (Å²) < 4.78 is 11.9. The third-order valence-corrected chi connectivity index (χ3v) is 4.86. The van der Waals surface area contributed by atoms with Crippen LogP contribution >= 0.6 is 0 Å². The molecule has 0 spiro atoms.